The predicted molar refractivity (Wildman–Crippen MR) is 80.1 cm³/mol. The van der Waals surface area contributed by atoms with Crippen LogP contribution in [0.4, 0.5) is 13.2 Å². The molecule has 0 unspecified atom stereocenters. The number of rotatable bonds is 5. The second-order valence-corrected chi connectivity index (χ2v) is 6.78. The monoisotopic (exact) mass is 333 g/mol. The van der Waals surface area contributed by atoms with E-state index < -0.39 is 35.3 Å². The quantitative estimate of drug-likeness (QED) is 0.775. The van der Waals surface area contributed by atoms with Crippen LogP contribution >= 0.6 is 0 Å². The maximum Gasteiger partial charge on any atom is 0.416 e. The van der Waals surface area contributed by atoms with Gasteiger partial charge >= 0.3 is 12.1 Å². The molecule has 23 heavy (non-hydrogen) atoms. The van der Waals surface area contributed by atoms with Gasteiger partial charge in [0.1, 0.15) is 5.54 Å². The van der Waals surface area contributed by atoms with Crippen LogP contribution in [0, 0.1) is 0 Å². The molecular formula is C16H22F3NO3. The predicted octanol–water partition coefficient (Wildman–Crippen LogP) is 2.93. The fraction of sp³-hybridized carbons (Fsp3) is 0.562. The van der Waals surface area contributed by atoms with Gasteiger partial charge in [-0.05, 0) is 29.5 Å². The molecule has 1 rings (SSSR count). The number of benzene rings is 1. The topological polar surface area (TPSA) is 69.6 Å². The van der Waals surface area contributed by atoms with Crippen LogP contribution in [0.2, 0.25) is 0 Å². The van der Waals surface area contributed by atoms with Gasteiger partial charge in [-0.2, -0.15) is 13.2 Å². The van der Waals surface area contributed by atoms with E-state index in [4.69, 9.17) is 5.11 Å². The van der Waals surface area contributed by atoms with Gasteiger partial charge in [-0.15, -0.1) is 0 Å². The first-order valence-corrected chi connectivity index (χ1v) is 7.11. The first kappa shape index (κ1) is 19.4. The molecule has 130 valence electrons. The highest BCUT2D eigenvalue weighted by molar-refractivity contribution is 5.78. The van der Waals surface area contributed by atoms with Crippen molar-refractivity contribution in [3.05, 3.63) is 34.9 Å². The summed E-state index contributed by atoms with van der Waals surface area (Å²) >= 11 is 0. The van der Waals surface area contributed by atoms with Crippen LogP contribution in [0.1, 0.15) is 44.4 Å². The number of aliphatic hydroxyl groups is 1. The number of carboxylic acid groups (broad SMARTS) is 1. The van der Waals surface area contributed by atoms with E-state index in [-0.39, 0.29) is 12.1 Å². The Hall–Kier alpha value is -1.60. The summed E-state index contributed by atoms with van der Waals surface area (Å²) < 4.78 is 39.4. The van der Waals surface area contributed by atoms with Crippen LogP contribution in [0.15, 0.2) is 18.2 Å². The minimum absolute atomic E-state index is 0.0323. The van der Waals surface area contributed by atoms with E-state index in [1.807, 2.05) is 0 Å². The fourth-order valence-corrected chi connectivity index (χ4v) is 2.07. The minimum Gasteiger partial charge on any atom is -0.480 e. The summed E-state index contributed by atoms with van der Waals surface area (Å²) in [5.74, 6) is -1.23. The van der Waals surface area contributed by atoms with Gasteiger partial charge in [0.05, 0.1) is 12.2 Å². The van der Waals surface area contributed by atoms with Gasteiger partial charge in [0.15, 0.2) is 0 Å². The van der Waals surface area contributed by atoms with Gasteiger partial charge in [0, 0.05) is 6.54 Å². The standard InChI is InChI=1S/C16H22F3NO3/c1-14(2,3)12-7-10(5-6-11(12)16(17,18)19)8-20-15(4,9-21)13(22)23/h5-7,20-21H,8-9H2,1-4H3,(H,22,23)/t15-/m1/s1. The lowest BCUT2D eigenvalue weighted by Crippen LogP contribution is -2.52. The number of nitrogens with one attached hydrogen (secondary N) is 1. The van der Waals surface area contributed by atoms with Crippen LogP contribution < -0.4 is 5.32 Å². The molecule has 1 aromatic carbocycles. The molecule has 0 bridgehead atoms. The van der Waals surface area contributed by atoms with Crippen molar-refractivity contribution in [3.63, 3.8) is 0 Å². The molecule has 0 amide bonds. The zero-order chi connectivity index (χ0) is 18.1. The zero-order valence-electron chi connectivity index (χ0n) is 13.6. The molecule has 0 fully saturated rings. The number of aliphatic hydroxyl groups excluding tert-OH is 1. The molecule has 0 aromatic heterocycles. The summed E-state index contributed by atoms with van der Waals surface area (Å²) in [6.45, 7) is 5.77. The van der Waals surface area contributed by atoms with Crippen LogP contribution in [0.3, 0.4) is 0 Å². The lowest BCUT2D eigenvalue weighted by molar-refractivity contribution is -0.146. The average Bonchev–Trinajstić information content (AvgIpc) is 2.42. The normalized spacial score (nSPS) is 15.3. The van der Waals surface area contributed by atoms with Crippen molar-refractivity contribution < 1.29 is 28.2 Å². The Morgan fingerprint density at radius 2 is 1.70 bits per heavy atom. The number of carboxylic acids is 1. The van der Waals surface area contributed by atoms with Gasteiger partial charge in [-0.25, -0.2) is 0 Å². The third kappa shape index (κ3) is 4.68. The summed E-state index contributed by atoms with van der Waals surface area (Å²) in [6.07, 6.45) is -4.45. The molecule has 0 radical (unpaired) electrons. The Labute approximate surface area is 133 Å². The molecule has 0 saturated carbocycles. The lowest BCUT2D eigenvalue weighted by Gasteiger charge is -2.27. The molecule has 0 spiro atoms. The minimum atomic E-state index is -4.45. The van der Waals surface area contributed by atoms with E-state index >= 15 is 0 Å². The van der Waals surface area contributed by atoms with E-state index in [1.54, 1.807) is 20.8 Å². The Kier molecular flexibility index (Phi) is 5.49. The molecule has 0 heterocycles. The number of halogens is 3. The van der Waals surface area contributed by atoms with Crippen molar-refractivity contribution in [1.29, 1.82) is 0 Å². The summed E-state index contributed by atoms with van der Waals surface area (Å²) in [4.78, 5) is 11.1. The van der Waals surface area contributed by atoms with Crippen molar-refractivity contribution in [1.82, 2.24) is 5.32 Å². The van der Waals surface area contributed by atoms with Crippen LogP contribution in [0.5, 0.6) is 0 Å². The maximum atomic E-state index is 13.1. The maximum absolute atomic E-state index is 13.1. The van der Waals surface area contributed by atoms with Crippen LogP contribution in [-0.2, 0) is 22.9 Å². The second kappa shape index (κ2) is 6.49. The fourth-order valence-electron chi connectivity index (χ4n) is 2.07. The van der Waals surface area contributed by atoms with E-state index in [0.29, 0.717) is 5.56 Å². The molecule has 1 atom stereocenters. The van der Waals surface area contributed by atoms with Crippen molar-refractivity contribution in [2.45, 2.75) is 51.4 Å². The van der Waals surface area contributed by atoms with Crippen LogP contribution in [0.25, 0.3) is 0 Å². The summed E-state index contributed by atoms with van der Waals surface area (Å²) in [5.41, 5.74) is -2.30. The third-order valence-corrected chi connectivity index (χ3v) is 3.67. The highest BCUT2D eigenvalue weighted by atomic mass is 19.4. The van der Waals surface area contributed by atoms with Gasteiger partial charge in [0.25, 0.3) is 0 Å². The Morgan fingerprint density at radius 3 is 2.09 bits per heavy atom. The Balaban J connectivity index is 3.15. The molecule has 0 aliphatic heterocycles. The van der Waals surface area contributed by atoms with Crippen molar-refractivity contribution >= 4 is 5.97 Å². The number of carbonyl (C=O) groups is 1. The van der Waals surface area contributed by atoms with Crippen molar-refractivity contribution in [3.8, 4) is 0 Å². The van der Waals surface area contributed by atoms with Crippen LogP contribution in [-0.4, -0.2) is 28.3 Å². The summed E-state index contributed by atoms with van der Waals surface area (Å²) in [7, 11) is 0. The molecule has 0 aliphatic rings. The summed E-state index contributed by atoms with van der Waals surface area (Å²) in [6, 6.07) is 3.74. The van der Waals surface area contributed by atoms with Gasteiger partial charge in [0.2, 0.25) is 0 Å². The number of hydrogen-bond acceptors (Lipinski definition) is 3. The van der Waals surface area contributed by atoms with Gasteiger partial charge in [-0.1, -0.05) is 32.9 Å². The van der Waals surface area contributed by atoms with Gasteiger partial charge in [-0.3, -0.25) is 10.1 Å². The Bertz CT molecular complexity index is 579. The Morgan fingerprint density at radius 1 is 1.13 bits per heavy atom. The number of aliphatic carboxylic acids is 1. The third-order valence-electron chi connectivity index (χ3n) is 3.67. The molecule has 1 aromatic rings. The molecule has 0 saturated heterocycles. The molecular weight excluding hydrogens is 311 g/mol. The number of alkyl halides is 3. The molecule has 0 aliphatic carbocycles. The van der Waals surface area contributed by atoms with E-state index in [0.717, 1.165) is 6.07 Å². The first-order chi connectivity index (χ1) is 10.3. The average molecular weight is 333 g/mol. The molecule has 4 nitrogen and oxygen atoms in total. The first-order valence-electron chi connectivity index (χ1n) is 7.11. The highest BCUT2D eigenvalue weighted by Gasteiger charge is 2.36. The van der Waals surface area contributed by atoms with E-state index in [9.17, 15) is 23.1 Å². The molecule has 3 N–H and O–H groups in total. The SMILES string of the molecule is CC(C)(C)c1cc(CN[C@](C)(CO)C(=O)O)ccc1C(F)(F)F. The number of hydrogen-bond donors (Lipinski definition) is 3. The van der Waals surface area contributed by atoms with E-state index in [1.165, 1.54) is 19.1 Å². The van der Waals surface area contributed by atoms with Crippen molar-refractivity contribution in [2.75, 3.05) is 6.61 Å². The lowest BCUT2D eigenvalue weighted by atomic mass is 9.82. The van der Waals surface area contributed by atoms with E-state index in [2.05, 4.69) is 5.32 Å². The zero-order valence-corrected chi connectivity index (χ0v) is 13.6. The van der Waals surface area contributed by atoms with Gasteiger partial charge < -0.3 is 10.2 Å². The largest absolute Gasteiger partial charge is 0.480 e. The second-order valence-electron chi connectivity index (χ2n) is 6.78. The summed E-state index contributed by atoms with van der Waals surface area (Å²) in [5, 5.41) is 20.9. The smallest absolute Gasteiger partial charge is 0.416 e. The van der Waals surface area contributed by atoms with Crippen molar-refractivity contribution in [2.24, 2.45) is 0 Å². The molecule has 7 heteroatoms. The highest BCUT2D eigenvalue weighted by Crippen LogP contribution is 2.37.